The number of aliphatic hydroxyl groups is 1. The maximum absolute atomic E-state index is 11.7. The molecule has 1 aliphatic heterocycles. The summed E-state index contributed by atoms with van der Waals surface area (Å²) in [5.41, 5.74) is 0.360. The first-order valence-electron chi connectivity index (χ1n) is 7.16. The Kier molecular flexibility index (Phi) is 4.90. The lowest BCUT2D eigenvalue weighted by Crippen LogP contribution is -1.99. The van der Waals surface area contributed by atoms with Crippen LogP contribution in [0.15, 0.2) is 6.07 Å². The van der Waals surface area contributed by atoms with E-state index < -0.39 is 29.3 Å². The Hall–Kier alpha value is -1.95. The van der Waals surface area contributed by atoms with E-state index >= 15 is 0 Å². The highest BCUT2D eigenvalue weighted by Gasteiger charge is 2.36. The van der Waals surface area contributed by atoms with Gasteiger partial charge in [0.05, 0.1) is 11.1 Å². The molecule has 6 nitrogen and oxygen atoms in total. The second kappa shape index (κ2) is 6.67. The summed E-state index contributed by atoms with van der Waals surface area (Å²) >= 11 is 0. The third-order valence-electron chi connectivity index (χ3n) is 3.71. The van der Waals surface area contributed by atoms with Crippen molar-refractivity contribution < 1.29 is 30.0 Å². The molecule has 1 heterocycles. The van der Waals surface area contributed by atoms with Crippen molar-refractivity contribution in [2.24, 2.45) is 0 Å². The number of rotatable bonds is 7. The van der Waals surface area contributed by atoms with Gasteiger partial charge in [-0.25, -0.2) is 4.79 Å². The SMILES string of the molecule is O=C1OC(CCCCCCCO)c2c1cc(O)c(O)c2O. The van der Waals surface area contributed by atoms with E-state index in [1.807, 2.05) is 0 Å². The van der Waals surface area contributed by atoms with Crippen molar-refractivity contribution in [3.63, 3.8) is 0 Å². The van der Waals surface area contributed by atoms with Gasteiger partial charge in [0.2, 0.25) is 5.75 Å². The van der Waals surface area contributed by atoms with Gasteiger partial charge in [-0.15, -0.1) is 0 Å². The van der Waals surface area contributed by atoms with Crippen molar-refractivity contribution in [1.82, 2.24) is 0 Å². The lowest BCUT2D eigenvalue weighted by atomic mass is 9.98. The fourth-order valence-electron chi connectivity index (χ4n) is 2.58. The van der Waals surface area contributed by atoms with Crippen molar-refractivity contribution in [3.05, 3.63) is 17.2 Å². The van der Waals surface area contributed by atoms with Crippen LogP contribution < -0.4 is 0 Å². The number of phenolic OH excluding ortho intramolecular Hbond substituents is 3. The number of ether oxygens (including phenoxy) is 1. The standard InChI is InChI=1S/C15H20O6/c16-7-5-3-1-2-4-6-11-12-9(15(20)21-11)8-10(17)13(18)14(12)19/h8,11,16-19H,1-7H2. The van der Waals surface area contributed by atoms with E-state index in [4.69, 9.17) is 9.84 Å². The zero-order chi connectivity index (χ0) is 15.4. The Morgan fingerprint density at radius 2 is 1.67 bits per heavy atom. The van der Waals surface area contributed by atoms with Gasteiger partial charge >= 0.3 is 5.97 Å². The minimum absolute atomic E-state index is 0.105. The summed E-state index contributed by atoms with van der Waals surface area (Å²) in [6.45, 7) is 0.199. The largest absolute Gasteiger partial charge is 0.504 e. The molecule has 0 aromatic heterocycles. The molecule has 1 atom stereocenters. The van der Waals surface area contributed by atoms with Crippen LogP contribution in [0.25, 0.3) is 0 Å². The van der Waals surface area contributed by atoms with Crippen LogP contribution in [0.2, 0.25) is 0 Å². The van der Waals surface area contributed by atoms with Crippen LogP contribution in [-0.4, -0.2) is 33.0 Å². The fraction of sp³-hybridized carbons (Fsp3) is 0.533. The summed E-state index contributed by atoms with van der Waals surface area (Å²) in [6, 6.07) is 1.12. The Balaban J connectivity index is 1.99. The van der Waals surface area contributed by atoms with E-state index in [1.54, 1.807) is 0 Å². The van der Waals surface area contributed by atoms with Crippen LogP contribution >= 0.6 is 0 Å². The smallest absolute Gasteiger partial charge is 0.339 e. The Labute approximate surface area is 122 Å². The fourth-order valence-corrected chi connectivity index (χ4v) is 2.58. The van der Waals surface area contributed by atoms with Gasteiger partial charge in [-0.2, -0.15) is 0 Å². The lowest BCUT2D eigenvalue weighted by Gasteiger charge is -2.12. The van der Waals surface area contributed by atoms with Crippen LogP contribution in [0.3, 0.4) is 0 Å². The van der Waals surface area contributed by atoms with Gasteiger partial charge in [0.1, 0.15) is 6.10 Å². The van der Waals surface area contributed by atoms with Gasteiger partial charge in [-0.1, -0.05) is 19.3 Å². The van der Waals surface area contributed by atoms with E-state index in [9.17, 15) is 20.1 Å². The molecular formula is C15H20O6. The highest BCUT2D eigenvalue weighted by atomic mass is 16.5. The Morgan fingerprint density at radius 1 is 1.00 bits per heavy atom. The van der Waals surface area contributed by atoms with Gasteiger partial charge < -0.3 is 25.2 Å². The molecule has 1 aromatic carbocycles. The summed E-state index contributed by atoms with van der Waals surface area (Å²) in [6.07, 6.45) is 4.44. The van der Waals surface area contributed by atoms with Crippen LogP contribution in [-0.2, 0) is 4.74 Å². The average molecular weight is 296 g/mol. The molecule has 1 unspecified atom stereocenters. The van der Waals surface area contributed by atoms with Crippen LogP contribution in [0.5, 0.6) is 17.2 Å². The number of esters is 1. The molecular weight excluding hydrogens is 276 g/mol. The van der Waals surface area contributed by atoms with Crippen molar-refractivity contribution in [1.29, 1.82) is 0 Å². The normalized spacial score (nSPS) is 16.8. The van der Waals surface area contributed by atoms with Gasteiger partial charge in [-0.05, 0) is 25.3 Å². The molecule has 2 rings (SSSR count). The number of hydrogen-bond acceptors (Lipinski definition) is 6. The average Bonchev–Trinajstić information content (AvgIpc) is 2.77. The highest BCUT2D eigenvalue weighted by Crippen LogP contribution is 2.48. The maximum Gasteiger partial charge on any atom is 0.339 e. The van der Waals surface area contributed by atoms with Gasteiger partial charge in [0, 0.05) is 6.61 Å². The van der Waals surface area contributed by atoms with Crippen molar-refractivity contribution in [3.8, 4) is 17.2 Å². The number of cyclic esters (lactones) is 1. The first-order valence-corrected chi connectivity index (χ1v) is 7.16. The van der Waals surface area contributed by atoms with Crippen molar-refractivity contribution >= 4 is 5.97 Å². The van der Waals surface area contributed by atoms with Gasteiger partial charge in [-0.3, -0.25) is 0 Å². The number of aromatic hydroxyl groups is 3. The lowest BCUT2D eigenvalue weighted by molar-refractivity contribution is 0.0360. The molecule has 0 bridgehead atoms. The molecule has 1 aliphatic rings. The van der Waals surface area contributed by atoms with Crippen molar-refractivity contribution in [2.75, 3.05) is 6.61 Å². The van der Waals surface area contributed by atoms with Gasteiger partial charge in [0.15, 0.2) is 11.5 Å². The molecule has 6 heteroatoms. The van der Waals surface area contributed by atoms with Crippen LogP contribution in [0.4, 0.5) is 0 Å². The Bertz CT molecular complexity index is 525. The first-order chi connectivity index (χ1) is 10.1. The third-order valence-corrected chi connectivity index (χ3v) is 3.71. The number of fused-ring (bicyclic) bond motifs is 1. The van der Waals surface area contributed by atoms with E-state index in [-0.39, 0.29) is 17.7 Å². The predicted molar refractivity (Wildman–Crippen MR) is 74.4 cm³/mol. The second-order valence-electron chi connectivity index (χ2n) is 5.23. The van der Waals surface area contributed by atoms with Crippen LogP contribution in [0, 0.1) is 0 Å². The molecule has 0 amide bonds. The number of carbonyl (C=O) groups is 1. The summed E-state index contributed by atoms with van der Waals surface area (Å²) in [7, 11) is 0. The summed E-state index contributed by atoms with van der Waals surface area (Å²) in [4.78, 5) is 11.7. The molecule has 1 aromatic rings. The number of hydrogen-bond donors (Lipinski definition) is 4. The van der Waals surface area contributed by atoms with Gasteiger partial charge in [0.25, 0.3) is 0 Å². The molecule has 116 valence electrons. The quantitative estimate of drug-likeness (QED) is 0.349. The Morgan fingerprint density at radius 3 is 2.38 bits per heavy atom. The number of benzene rings is 1. The first kappa shape index (κ1) is 15.4. The van der Waals surface area contributed by atoms with Crippen LogP contribution in [0.1, 0.15) is 60.6 Å². The highest BCUT2D eigenvalue weighted by molar-refractivity contribution is 5.96. The molecule has 0 saturated heterocycles. The number of phenols is 3. The molecule has 0 spiro atoms. The summed E-state index contributed by atoms with van der Waals surface area (Å²) in [5.74, 6) is -2.24. The maximum atomic E-state index is 11.7. The van der Waals surface area contributed by atoms with E-state index in [0.717, 1.165) is 38.2 Å². The van der Waals surface area contributed by atoms with Crippen molar-refractivity contribution in [2.45, 2.75) is 44.6 Å². The second-order valence-corrected chi connectivity index (χ2v) is 5.23. The summed E-state index contributed by atoms with van der Waals surface area (Å²) in [5, 5.41) is 37.6. The minimum Gasteiger partial charge on any atom is -0.504 e. The van der Waals surface area contributed by atoms with E-state index in [0.29, 0.717) is 6.42 Å². The third kappa shape index (κ3) is 3.21. The zero-order valence-corrected chi connectivity index (χ0v) is 11.7. The molecule has 0 aliphatic carbocycles. The topological polar surface area (TPSA) is 107 Å². The zero-order valence-electron chi connectivity index (χ0n) is 11.7. The predicted octanol–water partition coefficient (Wildman–Crippen LogP) is 2.35. The van der Waals surface area contributed by atoms with E-state index in [2.05, 4.69) is 0 Å². The van der Waals surface area contributed by atoms with E-state index in [1.165, 1.54) is 0 Å². The minimum atomic E-state index is -0.625. The molecule has 4 N–H and O–H groups in total. The number of unbranched alkanes of at least 4 members (excludes halogenated alkanes) is 4. The summed E-state index contributed by atoms with van der Waals surface area (Å²) < 4.78 is 5.19. The molecule has 0 saturated carbocycles. The molecule has 0 radical (unpaired) electrons. The molecule has 0 fully saturated rings. The molecule has 21 heavy (non-hydrogen) atoms. The number of carbonyl (C=O) groups excluding carboxylic acids is 1. The monoisotopic (exact) mass is 296 g/mol. The number of aliphatic hydroxyl groups excluding tert-OH is 1.